The largest absolute Gasteiger partial charge is 0.488 e. The fourth-order valence-electron chi connectivity index (χ4n) is 3.91. The van der Waals surface area contributed by atoms with E-state index in [1.165, 1.54) is 10.8 Å². The molecule has 0 bridgehead atoms. The average molecular weight is 525 g/mol. The maximum Gasteiger partial charge on any atom is 0.238 e. The van der Waals surface area contributed by atoms with E-state index in [9.17, 15) is 4.79 Å². The Morgan fingerprint density at radius 2 is 1.78 bits per heavy atom. The molecule has 1 fully saturated rings. The van der Waals surface area contributed by atoms with E-state index in [4.69, 9.17) is 16.3 Å². The number of fused-ring (bicyclic) bond motifs is 1. The van der Waals surface area contributed by atoms with Crippen molar-refractivity contribution in [3.63, 3.8) is 0 Å². The minimum atomic E-state index is -0.0907. The molecule has 1 atom stereocenters. The molecule has 1 amide bonds. The van der Waals surface area contributed by atoms with Crippen LogP contribution in [-0.2, 0) is 11.4 Å². The van der Waals surface area contributed by atoms with Crippen molar-refractivity contribution in [1.82, 2.24) is 0 Å². The number of anilines is 1. The lowest BCUT2D eigenvalue weighted by Gasteiger charge is -2.25. The Balaban J connectivity index is 1.37. The molecule has 4 aromatic carbocycles. The molecule has 0 N–H and O–H groups in total. The van der Waals surface area contributed by atoms with Crippen LogP contribution in [0.3, 0.4) is 0 Å². The van der Waals surface area contributed by atoms with E-state index in [2.05, 4.69) is 46.3 Å². The molecule has 0 aliphatic carbocycles. The van der Waals surface area contributed by atoms with Crippen molar-refractivity contribution in [1.29, 1.82) is 0 Å². The van der Waals surface area contributed by atoms with Crippen molar-refractivity contribution in [2.24, 2.45) is 0 Å². The highest BCUT2D eigenvalue weighted by Crippen LogP contribution is 2.43. The predicted molar refractivity (Wildman–Crippen MR) is 137 cm³/mol. The molecular formula is C26H19BrClNO2S. The van der Waals surface area contributed by atoms with Crippen molar-refractivity contribution in [3.8, 4) is 5.75 Å². The van der Waals surface area contributed by atoms with Crippen LogP contribution in [-0.4, -0.2) is 11.7 Å². The average Bonchev–Trinajstić information content (AvgIpc) is 3.20. The van der Waals surface area contributed by atoms with Crippen LogP contribution in [0.1, 0.15) is 16.5 Å². The molecule has 3 nitrogen and oxygen atoms in total. The van der Waals surface area contributed by atoms with E-state index in [0.29, 0.717) is 17.4 Å². The Morgan fingerprint density at radius 1 is 1.00 bits per heavy atom. The van der Waals surface area contributed by atoms with Gasteiger partial charge in [0.25, 0.3) is 0 Å². The number of carbonyl (C=O) groups excluding carboxylic acids is 1. The second kappa shape index (κ2) is 9.18. The van der Waals surface area contributed by atoms with E-state index in [1.54, 1.807) is 11.8 Å². The van der Waals surface area contributed by atoms with Crippen LogP contribution < -0.4 is 9.64 Å². The third-order valence-corrected chi connectivity index (χ3v) is 7.56. The summed E-state index contributed by atoms with van der Waals surface area (Å²) in [6.45, 7) is 0.479. The van der Waals surface area contributed by atoms with E-state index in [0.717, 1.165) is 27.0 Å². The topological polar surface area (TPSA) is 29.5 Å². The zero-order valence-corrected chi connectivity index (χ0v) is 20.2. The number of rotatable bonds is 5. The summed E-state index contributed by atoms with van der Waals surface area (Å²) in [5, 5.41) is 2.96. The van der Waals surface area contributed by atoms with Crippen LogP contribution in [0.15, 0.2) is 89.4 Å². The number of halogens is 2. The molecule has 1 aliphatic heterocycles. The van der Waals surface area contributed by atoms with Crippen LogP contribution in [0.25, 0.3) is 10.8 Å². The first-order valence-electron chi connectivity index (χ1n) is 10.2. The summed E-state index contributed by atoms with van der Waals surface area (Å²) < 4.78 is 7.01. The molecule has 6 heteroatoms. The summed E-state index contributed by atoms with van der Waals surface area (Å²) in [5.74, 6) is 1.31. The minimum Gasteiger partial charge on any atom is -0.488 e. The highest BCUT2D eigenvalue weighted by atomic mass is 79.9. The van der Waals surface area contributed by atoms with Gasteiger partial charge < -0.3 is 4.74 Å². The summed E-state index contributed by atoms with van der Waals surface area (Å²) in [6, 6.07) is 28.0. The van der Waals surface area contributed by atoms with Gasteiger partial charge >= 0.3 is 0 Å². The zero-order chi connectivity index (χ0) is 22.1. The highest BCUT2D eigenvalue weighted by Gasteiger charge is 2.34. The van der Waals surface area contributed by atoms with Gasteiger partial charge in [-0.15, -0.1) is 11.8 Å². The van der Waals surface area contributed by atoms with Gasteiger partial charge in [0.1, 0.15) is 17.7 Å². The van der Waals surface area contributed by atoms with Gasteiger partial charge in [-0.2, -0.15) is 0 Å². The predicted octanol–water partition coefficient (Wildman–Crippen LogP) is 7.61. The molecule has 4 aromatic rings. The molecule has 5 rings (SSSR count). The fourth-order valence-corrected chi connectivity index (χ4v) is 5.72. The van der Waals surface area contributed by atoms with Gasteiger partial charge in [0.2, 0.25) is 5.91 Å². The molecule has 0 aromatic heterocycles. The molecule has 1 heterocycles. The Kier molecular flexibility index (Phi) is 6.13. The van der Waals surface area contributed by atoms with Crippen molar-refractivity contribution >= 4 is 61.7 Å². The van der Waals surface area contributed by atoms with E-state index in [-0.39, 0.29) is 11.3 Å². The summed E-state index contributed by atoms with van der Waals surface area (Å²) in [6.07, 6.45) is 0. The number of ether oxygens (including phenoxy) is 1. The Hall–Kier alpha value is -2.47. The Labute approximate surface area is 204 Å². The molecule has 160 valence electrons. The fraction of sp³-hybridized carbons (Fsp3) is 0.115. The van der Waals surface area contributed by atoms with Crippen LogP contribution in [0.4, 0.5) is 5.69 Å². The number of thioether (sulfide) groups is 1. The highest BCUT2D eigenvalue weighted by molar-refractivity contribution is 9.10. The van der Waals surface area contributed by atoms with Gasteiger partial charge in [0.15, 0.2) is 0 Å². The van der Waals surface area contributed by atoms with Crippen LogP contribution >= 0.6 is 39.3 Å². The van der Waals surface area contributed by atoms with Gasteiger partial charge in [-0.05, 0) is 74.2 Å². The van der Waals surface area contributed by atoms with Crippen molar-refractivity contribution in [3.05, 3.63) is 106 Å². The SMILES string of the molecule is O=C1CS[C@H](c2ccc(OCc3cccc4ccccc34)c(Br)c2)N1c1ccc(Cl)cc1. The van der Waals surface area contributed by atoms with Gasteiger partial charge in [0.05, 0.1) is 10.2 Å². The summed E-state index contributed by atoms with van der Waals surface area (Å²) in [7, 11) is 0. The molecule has 0 saturated carbocycles. The van der Waals surface area contributed by atoms with Gasteiger partial charge in [0, 0.05) is 10.7 Å². The molecule has 0 spiro atoms. The number of hydrogen-bond acceptors (Lipinski definition) is 3. The van der Waals surface area contributed by atoms with Crippen LogP contribution in [0.2, 0.25) is 5.02 Å². The van der Waals surface area contributed by atoms with Crippen molar-refractivity contribution in [2.75, 3.05) is 10.7 Å². The van der Waals surface area contributed by atoms with Crippen LogP contribution in [0.5, 0.6) is 5.75 Å². The number of amides is 1. The maximum atomic E-state index is 12.6. The number of carbonyl (C=O) groups is 1. The van der Waals surface area contributed by atoms with E-state index in [1.807, 2.05) is 59.5 Å². The summed E-state index contributed by atoms with van der Waals surface area (Å²) in [5.41, 5.74) is 3.03. The van der Waals surface area contributed by atoms with Crippen molar-refractivity contribution in [2.45, 2.75) is 12.0 Å². The standard InChI is InChI=1S/C26H19BrClNO2S/c27-23-14-18(26-29(25(30)16-32-26)21-11-9-20(28)10-12-21)8-13-24(23)31-15-19-6-3-5-17-4-1-2-7-22(17)19/h1-14,26H,15-16H2/t26-/m1/s1. The molecular weight excluding hydrogens is 506 g/mol. The zero-order valence-electron chi connectivity index (χ0n) is 17.0. The lowest BCUT2D eigenvalue weighted by atomic mass is 10.1. The number of hydrogen-bond donors (Lipinski definition) is 0. The third kappa shape index (κ3) is 4.25. The molecule has 1 saturated heterocycles. The third-order valence-electron chi connectivity index (χ3n) is 5.48. The van der Waals surface area contributed by atoms with Crippen LogP contribution in [0, 0.1) is 0 Å². The quantitative estimate of drug-likeness (QED) is 0.269. The van der Waals surface area contributed by atoms with Gasteiger partial charge in [-0.25, -0.2) is 0 Å². The first-order valence-corrected chi connectivity index (χ1v) is 12.4. The normalized spacial score (nSPS) is 16.0. The maximum absolute atomic E-state index is 12.6. The Morgan fingerprint density at radius 3 is 2.59 bits per heavy atom. The van der Waals surface area contributed by atoms with E-state index < -0.39 is 0 Å². The summed E-state index contributed by atoms with van der Waals surface area (Å²) in [4.78, 5) is 14.4. The van der Waals surface area contributed by atoms with Gasteiger partial charge in [-0.1, -0.05) is 60.1 Å². The molecule has 32 heavy (non-hydrogen) atoms. The number of benzene rings is 4. The second-order valence-electron chi connectivity index (χ2n) is 7.52. The Bertz CT molecular complexity index is 1290. The molecule has 0 radical (unpaired) electrons. The first kappa shape index (κ1) is 21.4. The molecule has 1 aliphatic rings. The monoisotopic (exact) mass is 523 g/mol. The van der Waals surface area contributed by atoms with Gasteiger partial charge in [-0.3, -0.25) is 9.69 Å². The van der Waals surface area contributed by atoms with E-state index >= 15 is 0 Å². The molecule has 0 unspecified atom stereocenters. The smallest absolute Gasteiger partial charge is 0.238 e. The second-order valence-corrected chi connectivity index (χ2v) is 9.88. The lowest BCUT2D eigenvalue weighted by molar-refractivity contribution is -0.115. The lowest BCUT2D eigenvalue weighted by Crippen LogP contribution is -2.27. The minimum absolute atomic E-state index is 0.0907. The first-order chi connectivity index (χ1) is 15.6. The number of nitrogens with zero attached hydrogens (tertiary/aromatic N) is 1. The summed E-state index contributed by atoms with van der Waals surface area (Å²) >= 11 is 11.3. The van der Waals surface area contributed by atoms with Crippen molar-refractivity contribution < 1.29 is 9.53 Å².